The van der Waals surface area contributed by atoms with Crippen molar-refractivity contribution in [3.05, 3.63) is 41.9 Å². The van der Waals surface area contributed by atoms with Crippen LogP contribution in [-0.4, -0.2) is 17.1 Å². The van der Waals surface area contributed by atoms with Gasteiger partial charge in [-0.2, -0.15) is 5.26 Å². The van der Waals surface area contributed by atoms with Crippen LogP contribution in [0.4, 0.5) is 0 Å². The van der Waals surface area contributed by atoms with Crippen molar-refractivity contribution in [3.8, 4) is 23.4 Å². The van der Waals surface area contributed by atoms with Crippen LogP contribution in [-0.2, 0) is 5.41 Å². The third kappa shape index (κ3) is 3.29. The van der Waals surface area contributed by atoms with E-state index in [1.807, 2.05) is 24.3 Å². The third-order valence-corrected chi connectivity index (χ3v) is 2.97. The van der Waals surface area contributed by atoms with Crippen molar-refractivity contribution in [2.45, 2.75) is 26.2 Å². The van der Waals surface area contributed by atoms with Crippen LogP contribution in [0, 0.1) is 11.3 Å². The first kappa shape index (κ1) is 14.8. The van der Waals surface area contributed by atoms with Gasteiger partial charge in [0.05, 0.1) is 7.11 Å². The van der Waals surface area contributed by atoms with Gasteiger partial charge in [0.15, 0.2) is 0 Å². The van der Waals surface area contributed by atoms with Gasteiger partial charge in [0.1, 0.15) is 17.6 Å². The summed E-state index contributed by atoms with van der Waals surface area (Å²) in [6.07, 6.45) is 2.96. The normalized spacial score (nSPS) is 10.8. The van der Waals surface area contributed by atoms with Gasteiger partial charge >= 0.3 is 0 Å². The number of methoxy groups -OCH3 is 1. The number of benzene rings is 1. The van der Waals surface area contributed by atoms with E-state index in [4.69, 9.17) is 14.7 Å². The summed E-state index contributed by atoms with van der Waals surface area (Å²) < 4.78 is 11.1. The molecule has 5 heteroatoms. The molecule has 0 fully saturated rings. The van der Waals surface area contributed by atoms with Crippen LogP contribution in [0.1, 0.15) is 32.0 Å². The van der Waals surface area contributed by atoms with Crippen LogP contribution in [0.2, 0.25) is 0 Å². The quantitative estimate of drug-likeness (QED) is 0.863. The Bertz CT molecular complexity index is 685. The summed E-state index contributed by atoms with van der Waals surface area (Å²) in [4.78, 5) is 8.02. The molecule has 0 aliphatic heterocycles. The molecular weight excluding hydrogens is 266 g/mol. The molecule has 0 unspecified atom stereocenters. The highest BCUT2D eigenvalue weighted by atomic mass is 16.5. The predicted octanol–water partition coefficient (Wildman–Crippen LogP) is 3.45. The summed E-state index contributed by atoms with van der Waals surface area (Å²) in [5.41, 5.74) is 0.989. The van der Waals surface area contributed by atoms with Gasteiger partial charge in [-0.15, -0.1) is 0 Å². The van der Waals surface area contributed by atoms with E-state index in [1.165, 1.54) is 12.4 Å². The van der Waals surface area contributed by atoms with Gasteiger partial charge in [0, 0.05) is 18.0 Å². The van der Waals surface area contributed by atoms with E-state index >= 15 is 0 Å². The maximum Gasteiger partial charge on any atom is 0.256 e. The molecule has 0 aliphatic rings. The molecule has 5 nitrogen and oxygen atoms in total. The smallest absolute Gasteiger partial charge is 0.256 e. The highest BCUT2D eigenvalue weighted by molar-refractivity contribution is 5.46. The maximum atomic E-state index is 9.06. The average Bonchev–Trinajstić information content (AvgIpc) is 2.47. The molecule has 108 valence electrons. The SMILES string of the molecule is COc1ccc(Oc2nccnc2C#N)c(C(C)(C)C)c1. The van der Waals surface area contributed by atoms with Crippen molar-refractivity contribution in [1.29, 1.82) is 5.26 Å². The minimum absolute atomic E-state index is 0.140. The van der Waals surface area contributed by atoms with Gasteiger partial charge in [-0.25, -0.2) is 9.97 Å². The van der Waals surface area contributed by atoms with E-state index in [0.29, 0.717) is 5.75 Å². The summed E-state index contributed by atoms with van der Waals surface area (Å²) in [5.74, 6) is 1.60. The zero-order valence-corrected chi connectivity index (χ0v) is 12.5. The lowest BCUT2D eigenvalue weighted by molar-refractivity contribution is 0.404. The van der Waals surface area contributed by atoms with Crippen LogP contribution in [0.15, 0.2) is 30.6 Å². The highest BCUT2D eigenvalue weighted by Crippen LogP contribution is 2.36. The van der Waals surface area contributed by atoms with Crippen molar-refractivity contribution in [2.24, 2.45) is 0 Å². The lowest BCUT2D eigenvalue weighted by Crippen LogP contribution is -2.13. The number of nitriles is 1. The molecule has 0 aliphatic carbocycles. The van der Waals surface area contributed by atoms with Gasteiger partial charge in [0.25, 0.3) is 5.88 Å². The summed E-state index contributed by atoms with van der Waals surface area (Å²) in [7, 11) is 1.62. The molecule has 1 heterocycles. The van der Waals surface area contributed by atoms with Crippen LogP contribution in [0.5, 0.6) is 17.4 Å². The molecular formula is C16H17N3O2. The van der Waals surface area contributed by atoms with Crippen molar-refractivity contribution in [2.75, 3.05) is 7.11 Å². The van der Waals surface area contributed by atoms with Gasteiger partial charge in [0.2, 0.25) is 5.69 Å². The standard InChI is InChI=1S/C16H17N3O2/c1-16(2,3)12-9-11(20-4)5-6-14(12)21-15-13(10-17)18-7-8-19-15/h5-9H,1-4H3. The molecule has 0 N–H and O–H groups in total. The van der Waals surface area contributed by atoms with Gasteiger partial charge in [-0.1, -0.05) is 20.8 Å². The Morgan fingerprint density at radius 2 is 1.86 bits per heavy atom. The minimum atomic E-state index is -0.140. The Morgan fingerprint density at radius 1 is 1.14 bits per heavy atom. The number of aromatic nitrogens is 2. The molecule has 2 aromatic rings. The largest absolute Gasteiger partial charge is 0.497 e. The Labute approximate surface area is 124 Å². The Balaban J connectivity index is 2.47. The van der Waals surface area contributed by atoms with Gasteiger partial charge < -0.3 is 9.47 Å². The first-order valence-corrected chi connectivity index (χ1v) is 6.53. The summed E-state index contributed by atoms with van der Waals surface area (Å²) in [6, 6.07) is 7.53. The molecule has 1 aromatic carbocycles. The number of nitrogens with zero attached hydrogens (tertiary/aromatic N) is 3. The van der Waals surface area contributed by atoms with E-state index in [2.05, 4.69) is 30.7 Å². The zero-order valence-electron chi connectivity index (χ0n) is 12.5. The van der Waals surface area contributed by atoms with Crippen LogP contribution in [0.25, 0.3) is 0 Å². The molecule has 0 saturated carbocycles. The molecule has 21 heavy (non-hydrogen) atoms. The number of hydrogen-bond acceptors (Lipinski definition) is 5. The third-order valence-electron chi connectivity index (χ3n) is 2.97. The summed E-state index contributed by atoms with van der Waals surface area (Å²) in [5, 5.41) is 9.06. The second-order valence-electron chi connectivity index (χ2n) is 5.54. The monoisotopic (exact) mass is 283 g/mol. The molecule has 1 aromatic heterocycles. The fourth-order valence-corrected chi connectivity index (χ4v) is 1.89. The molecule has 0 radical (unpaired) electrons. The molecule has 0 saturated heterocycles. The highest BCUT2D eigenvalue weighted by Gasteiger charge is 2.21. The van der Waals surface area contributed by atoms with E-state index in [-0.39, 0.29) is 17.0 Å². The lowest BCUT2D eigenvalue weighted by Gasteiger charge is -2.23. The van der Waals surface area contributed by atoms with E-state index < -0.39 is 0 Å². The Kier molecular flexibility index (Phi) is 4.08. The first-order chi connectivity index (χ1) is 9.95. The summed E-state index contributed by atoms with van der Waals surface area (Å²) in [6.45, 7) is 6.24. The average molecular weight is 283 g/mol. The maximum absolute atomic E-state index is 9.06. The van der Waals surface area contributed by atoms with Gasteiger partial charge in [-0.3, -0.25) is 0 Å². The van der Waals surface area contributed by atoms with Crippen LogP contribution >= 0.6 is 0 Å². The number of ether oxygens (including phenoxy) is 2. The van der Waals surface area contributed by atoms with Crippen molar-refractivity contribution >= 4 is 0 Å². The molecule has 2 rings (SSSR count). The Hall–Kier alpha value is -2.61. The first-order valence-electron chi connectivity index (χ1n) is 6.53. The molecule has 0 bridgehead atoms. The summed E-state index contributed by atoms with van der Waals surface area (Å²) >= 11 is 0. The predicted molar refractivity (Wildman–Crippen MR) is 78.5 cm³/mol. The van der Waals surface area contributed by atoms with Crippen molar-refractivity contribution in [1.82, 2.24) is 9.97 Å². The van der Waals surface area contributed by atoms with Crippen LogP contribution in [0.3, 0.4) is 0 Å². The second kappa shape index (κ2) is 5.80. The molecule has 0 atom stereocenters. The Morgan fingerprint density at radius 3 is 2.48 bits per heavy atom. The number of rotatable bonds is 3. The van der Waals surface area contributed by atoms with Crippen molar-refractivity contribution in [3.63, 3.8) is 0 Å². The second-order valence-corrected chi connectivity index (χ2v) is 5.54. The van der Waals surface area contributed by atoms with E-state index in [9.17, 15) is 0 Å². The molecule has 0 amide bonds. The van der Waals surface area contributed by atoms with Crippen molar-refractivity contribution < 1.29 is 9.47 Å². The molecule has 0 spiro atoms. The minimum Gasteiger partial charge on any atom is -0.497 e. The fourth-order valence-electron chi connectivity index (χ4n) is 1.89. The van der Waals surface area contributed by atoms with Crippen LogP contribution < -0.4 is 9.47 Å². The fraction of sp³-hybridized carbons (Fsp3) is 0.312. The topological polar surface area (TPSA) is 68.0 Å². The van der Waals surface area contributed by atoms with E-state index in [0.717, 1.165) is 11.3 Å². The van der Waals surface area contributed by atoms with Gasteiger partial charge in [-0.05, 0) is 23.6 Å². The van der Waals surface area contributed by atoms with E-state index in [1.54, 1.807) is 7.11 Å². The zero-order chi connectivity index (χ0) is 15.5. The lowest BCUT2D eigenvalue weighted by atomic mass is 9.86. The number of hydrogen-bond donors (Lipinski definition) is 0.